The highest BCUT2D eigenvalue weighted by Gasteiger charge is 2.24. The number of anilines is 1. The van der Waals surface area contributed by atoms with Crippen LogP contribution in [0.3, 0.4) is 0 Å². The highest BCUT2D eigenvalue weighted by atomic mass is 79.9. The van der Waals surface area contributed by atoms with Gasteiger partial charge in [-0.15, -0.1) is 11.3 Å². The van der Waals surface area contributed by atoms with E-state index in [0.717, 1.165) is 24.9 Å². The number of para-hydroxylation sites is 2. The number of halogens is 1. The smallest absolute Gasteiger partial charge is 0.309 e. The molecule has 0 saturated carbocycles. The molecule has 6 rings (SSSR count). The van der Waals surface area contributed by atoms with Gasteiger partial charge in [0.2, 0.25) is 10.6 Å². The normalized spacial score (nSPS) is 11.7. The van der Waals surface area contributed by atoms with E-state index in [1.165, 1.54) is 40.2 Å². The van der Waals surface area contributed by atoms with E-state index in [2.05, 4.69) is 31.0 Å². The summed E-state index contributed by atoms with van der Waals surface area (Å²) in [6, 6.07) is 20.2. The summed E-state index contributed by atoms with van der Waals surface area (Å²) in [4.78, 5) is 35.6. The van der Waals surface area contributed by atoms with Crippen LogP contribution in [0, 0.1) is 0 Å². The zero-order valence-corrected chi connectivity index (χ0v) is 20.9. The van der Waals surface area contributed by atoms with E-state index in [1.807, 2.05) is 42.5 Å². The topological polar surface area (TPSA) is 88.7 Å². The maximum Gasteiger partial charge on any atom is 0.309 e. The highest BCUT2D eigenvalue weighted by Crippen LogP contribution is 2.33. The van der Waals surface area contributed by atoms with Crippen LogP contribution in [-0.4, -0.2) is 22.1 Å². The van der Waals surface area contributed by atoms with E-state index < -0.39 is 5.91 Å². The maximum absolute atomic E-state index is 13.6. The van der Waals surface area contributed by atoms with Crippen LogP contribution in [0.4, 0.5) is 5.13 Å². The van der Waals surface area contributed by atoms with E-state index >= 15 is 0 Å². The Hall–Kier alpha value is -3.73. The summed E-state index contributed by atoms with van der Waals surface area (Å²) in [5.41, 5.74) is 1.92. The quantitative estimate of drug-likeness (QED) is 0.182. The van der Waals surface area contributed by atoms with Crippen molar-refractivity contribution in [3.63, 3.8) is 0 Å². The van der Waals surface area contributed by atoms with E-state index in [9.17, 15) is 9.59 Å². The van der Waals surface area contributed by atoms with Crippen LogP contribution in [0.5, 0.6) is 0 Å². The van der Waals surface area contributed by atoms with E-state index in [1.54, 1.807) is 24.3 Å². The fraction of sp³-hybridized carbons (Fsp3) is 0. The minimum Gasteiger partial charge on any atom is -0.463 e. The van der Waals surface area contributed by atoms with Crippen LogP contribution < -0.4 is 10.4 Å². The van der Waals surface area contributed by atoms with Gasteiger partial charge in [-0.1, -0.05) is 51.5 Å². The lowest BCUT2D eigenvalue weighted by Crippen LogP contribution is -2.26. The van der Waals surface area contributed by atoms with Gasteiger partial charge in [0.25, 0.3) is 0 Å². The highest BCUT2D eigenvalue weighted by molar-refractivity contribution is 9.10. The number of fused-ring (bicyclic) bond motifs is 3. The first kappa shape index (κ1) is 21.8. The fourth-order valence-electron chi connectivity index (χ4n) is 3.52. The van der Waals surface area contributed by atoms with Crippen molar-refractivity contribution in [3.8, 4) is 0 Å². The van der Waals surface area contributed by atoms with Gasteiger partial charge in [-0.3, -0.25) is 9.59 Å². The van der Waals surface area contributed by atoms with Gasteiger partial charge in [-0.05, 0) is 42.5 Å². The second-order valence-corrected chi connectivity index (χ2v) is 10.4. The van der Waals surface area contributed by atoms with Crippen LogP contribution >= 0.6 is 38.6 Å². The third-order valence-electron chi connectivity index (χ3n) is 5.21. The molecule has 0 saturated heterocycles. The van der Waals surface area contributed by atoms with E-state index in [-0.39, 0.29) is 16.0 Å². The van der Waals surface area contributed by atoms with Crippen LogP contribution in [0.1, 0.15) is 15.4 Å². The Morgan fingerprint density at radius 3 is 2.66 bits per heavy atom. The molecule has 0 aliphatic carbocycles. The minimum atomic E-state index is -0.439. The first-order valence-electron chi connectivity index (χ1n) is 10.4. The summed E-state index contributed by atoms with van der Waals surface area (Å²) < 4.78 is 8.27. The van der Waals surface area contributed by atoms with Crippen molar-refractivity contribution in [2.24, 2.45) is 5.10 Å². The summed E-state index contributed by atoms with van der Waals surface area (Å²) in [7, 11) is 0. The lowest BCUT2D eigenvalue weighted by atomic mass is 10.2. The van der Waals surface area contributed by atoms with Crippen molar-refractivity contribution in [3.05, 3.63) is 98.3 Å². The predicted molar refractivity (Wildman–Crippen MR) is 144 cm³/mol. The fourth-order valence-corrected chi connectivity index (χ4v) is 5.89. The van der Waals surface area contributed by atoms with Gasteiger partial charge in [0.15, 0.2) is 5.01 Å². The Kier molecular flexibility index (Phi) is 5.48. The molecule has 0 bridgehead atoms. The Balaban J connectivity index is 1.46. The zero-order valence-electron chi connectivity index (χ0n) is 17.7. The molecule has 3 aromatic heterocycles. The van der Waals surface area contributed by atoms with Crippen LogP contribution in [-0.2, 0) is 0 Å². The molecule has 0 aliphatic heterocycles. The molecule has 0 unspecified atom stereocenters. The number of hydrogen-bond donors (Lipinski definition) is 0. The van der Waals surface area contributed by atoms with Crippen molar-refractivity contribution < 1.29 is 9.21 Å². The van der Waals surface area contributed by atoms with Gasteiger partial charge >= 0.3 is 5.91 Å². The number of aromatic nitrogens is 2. The molecular formula is C25H13BrN4O3S2. The summed E-state index contributed by atoms with van der Waals surface area (Å²) in [5, 5.41) is 6.66. The number of thiazole rings is 2. The van der Waals surface area contributed by atoms with Crippen LogP contribution in [0.25, 0.3) is 31.4 Å². The molecule has 0 atom stereocenters. The number of carbonyl (C=O) groups is 1. The number of benzene rings is 3. The Labute approximate surface area is 214 Å². The maximum atomic E-state index is 13.6. The molecule has 3 heterocycles. The molecule has 1 amide bonds. The summed E-state index contributed by atoms with van der Waals surface area (Å²) in [5.74, 6) is -0.439. The molecule has 0 N–H and O–H groups in total. The van der Waals surface area contributed by atoms with E-state index in [0.29, 0.717) is 16.1 Å². The first-order valence-corrected chi connectivity index (χ1v) is 12.8. The third-order valence-corrected chi connectivity index (χ3v) is 7.72. The SMILES string of the molecule is O=C(c1nc2ccccc2s1)N(/N=C/c1coc2ccccc2c1=O)c1nc2ccc(Br)cc2s1. The second-order valence-electron chi connectivity index (χ2n) is 7.47. The largest absolute Gasteiger partial charge is 0.463 e. The monoisotopic (exact) mass is 560 g/mol. The first-order chi connectivity index (χ1) is 17.1. The average molecular weight is 561 g/mol. The number of rotatable bonds is 4. The molecule has 10 heteroatoms. The van der Waals surface area contributed by atoms with Crippen molar-refractivity contribution in [2.45, 2.75) is 0 Å². The Morgan fingerprint density at radius 2 is 1.77 bits per heavy atom. The second kappa shape index (κ2) is 8.81. The van der Waals surface area contributed by atoms with Gasteiger partial charge in [0, 0.05) is 4.47 Å². The van der Waals surface area contributed by atoms with Gasteiger partial charge in [-0.25, -0.2) is 9.97 Å². The number of carbonyl (C=O) groups excluding carboxylic acids is 1. The van der Waals surface area contributed by atoms with Crippen LogP contribution in [0.15, 0.2) is 91.8 Å². The Bertz CT molecular complexity index is 1810. The van der Waals surface area contributed by atoms with Crippen molar-refractivity contribution in [2.75, 3.05) is 5.01 Å². The molecule has 7 nitrogen and oxygen atoms in total. The van der Waals surface area contributed by atoms with Crippen molar-refractivity contribution in [1.29, 1.82) is 0 Å². The van der Waals surface area contributed by atoms with Gasteiger partial charge in [-0.2, -0.15) is 10.1 Å². The van der Waals surface area contributed by atoms with E-state index in [4.69, 9.17) is 4.42 Å². The van der Waals surface area contributed by atoms with Crippen molar-refractivity contribution in [1.82, 2.24) is 9.97 Å². The summed E-state index contributed by atoms with van der Waals surface area (Å²) in [6.45, 7) is 0. The molecule has 35 heavy (non-hydrogen) atoms. The Morgan fingerprint density at radius 1 is 0.971 bits per heavy atom. The van der Waals surface area contributed by atoms with Crippen molar-refractivity contribution >= 4 is 87.3 Å². The number of amides is 1. The average Bonchev–Trinajstić information content (AvgIpc) is 3.49. The lowest BCUT2D eigenvalue weighted by Gasteiger charge is -2.11. The lowest BCUT2D eigenvalue weighted by molar-refractivity contribution is 0.0987. The van der Waals surface area contributed by atoms with Crippen LogP contribution in [0.2, 0.25) is 0 Å². The molecule has 0 fully saturated rings. The minimum absolute atomic E-state index is 0.217. The molecule has 170 valence electrons. The molecule has 0 aliphatic rings. The predicted octanol–water partition coefficient (Wildman–Crippen LogP) is 6.46. The third kappa shape index (κ3) is 4.05. The number of hydrazone groups is 1. The van der Waals surface area contributed by atoms with Gasteiger partial charge < -0.3 is 4.42 Å². The summed E-state index contributed by atoms with van der Waals surface area (Å²) in [6.07, 6.45) is 2.66. The van der Waals surface area contributed by atoms with Gasteiger partial charge in [0.1, 0.15) is 11.8 Å². The number of hydrogen-bond acceptors (Lipinski definition) is 8. The van der Waals surface area contributed by atoms with Gasteiger partial charge in [0.05, 0.1) is 37.6 Å². The zero-order chi connectivity index (χ0) is 23.9. The standard InChI is InChI=1S/C25H13BrN4O3S2/c26-15-9-10-18-21(11-15)35-25(29-18)30(24(32)23-28-17-6-2-4-8-20(17)34-23)27-12-14-13-33-19-7-3-1-5-16(19)22(14)31/h1-13H/b27-12+. The molecule has 0 radical (unpaired) electrons. The molecule has 0 spiro atoms. The molecular weight excluding hydrogens is 548 g/mol. The number of nitrogens with zero attached hydrogens (tertiary/aromatic N) is 4. The molecule has 3 aromatic carbocycles. The summed E-state index contributed by atoms with van der Waals surface area (Å²) >= 11 is 6.06. The molecule has 6 aromatic rings.